The summed E-state index contributed by atoms with van der Waals surface area (Å²) in [5.74, 6) is -1.47. The fraction of sp³-hybridized carbons (Fsp3) is 0.167. The second-order valence-corrected chi connectivity index (χ2v) is 7.85. The number of amides is 2. The third kappa shape index (κ3) is 2.74. The summed E-state index contributed by atoms with van der Waals surface area (Å²) in [7, 11) is 0. The summed E-state index contributed by atoms with van der Waals surface area (Å²) in [6.07, 6.45) is -1.10. The van der Waals surface area contributed by atoms with Crippen LogP contribution in [0.4, 0.5) is 15.8 Å². The van der Waals surface area contributed by atoms with Crippen LogP contribution in [-0.4, -0.2) is 23.0 Å². The van der Waals surface area contributed by atoms with Crippen LogP contribution in [0.5, 0.6) is 5.75 Å². The number of aromatic hydroxyl groups is 1. The first kappa shape index (κ1) is 19.3. The number of phenolic OH excluding ortho intramolecular Hbond substituents is 1. The van der Waals surface area contributed by atoms with Crippen LogP contribution in [-0.2, 0) is 14.4 Å². The van der Waals surface area contributed by atoms with Crippen molar-refractivity contribution in [3.63, 3.8) is 0 Å². The Hall–Kier alpha value is -3.71. The van der Waals surface area contributed by atoms with Gasteiger partial charge in [0.1, 0.15) is 23.0 Å². The first-order valence-electron chi connectivity index (χ1n) is 9.86. The third-order valence-corrected chi connectivity index (χ3v) is 6.00. The van der Waals surface area contributed by atoms with Crippen LogP contribution in [0.25, 0.3) is 0 Å². The lowest BCUT2D eigenvalue weighted by molar-refractivity contribution is -0.128. The normalized spacial score (nSPS) is 25.2. The number of imide groups is 1. The van der Waals surface area contributed by atoms with E-state index in [0.717, 1.165) is 4.90 Å². The molecule has 0 saturated carbocycles. The summed E-state index contributed by atoms with van der Waals surface area (Å²) >= 11 is 0. The molecule has 0 aliphatic carbocycles. The Balaban J connectivity index is 1.66. The van der Waals surface area contributed by atoms with Crippen LogP contribution < -0.4 is 9.96 Å². The molecular weight excluding hydrogens is 399 g/mol. The van der Waals surface area contributed by atoms with Crippen molar-refractivity contribution in [2.45, 2.75) is 19.1 Å². The van der Waals surface area contributed by atoms with E-state index in [1.807, 2.05) is 30.3 Å². The number of hydrogen-bond donors (Lipinski definition) is 1. The van der Waals surface area contributed by atoms with E-state index in [9.17, 15) is 19.1 Å². The average Bonchev–Trinajstić information content (AvgIpc) is 3.19. The average molecular weight is 418 g/mol. The van der Waals surface area contributed by atoms with Gasteiger partial charge in [-0.25, -0.2) is 14.4 Å². The minimum atomic E-state index is -1.32. The van der Waals surface area contributed by atoms with E-state index < -0.39 is 35.2 Å². The van der Waals surface area contributed by atoms with Crippen molar-refractivity contribution in [1.29, 1.82) is 0 Å². The molecule has 2 aliphatic heterocycles. The smallest absolute Gasteiger partial charge is 0.266 e. The maximum Gasteiger partial charge on any atom is 0.266 e. The van der Waals surface area contributed by atoms with E-state index in [1.165, 1.54) is 35.4 Å². The minimum absolute atomic E-state index is 0.000567. The number of para-hydroxylation sites is 2. The molecule has 2 heterocycles. The van der Waals surface area contributed by atoms with Gasteiger partial charge in [0.05, 0.1) is 11.4 Å². The number of hydrogen-bond acceptors (Lipinski definition) is 5. The van der Waals surface area contributed by atoms with Crippen LogP contribution in [0.2, 0.25) is 0 Å². The lowest BCUT2D eigenvalue weighted by Gasteiger charge is -2.33. The highest BCUT2D eigenvalue weighted by Crippen LogP contribution is 2.56. The Morgan fingerprint density at radius 2 is 1.55 bits per heavy atom. The van der Waals surface area contributed by atoms with Crippen LogP contribution in [0.1, 0.15) is 18.5 Å². The molecule has 5 rings (SSSR count). The van der Waals surface area contributed by atoms with Gasteiger partial charge in [0.2, 0.25) is 5.91 Å². The zero-order valence-corrected chi connectivity index (χ0v) is 16.6. The molecule has 3 unspecified atom stereocenters. The van der Waals surface area contributed by atoms with Gasteiger partial charge >= 0.3 is 0 Å². The molecule has 0 radical (unpaired) electrons. The number of carbonyl (C=O) groups is 2. The number of phenols is 1. The van der Waals surface area contributed by atoms with E-state index in [0.29, 0.717) is 11.3 Å². The molecule has 0 spiro atoms. The van der Waals surface area contributed by atoms with Crippen molar-refractivity contribution in [3.05, 3.63) is 90.2 Å². The lowest BCUT2D eigenvalue weighted by atomic mass is 9.76. The van der Waals surface area contributed by atoms with Crippen LogP contribution in [0, 0.1) is 11.2 Å². The number of rotatable bonds is 3. The Kier molecular flexibility index (Phi) is 4.30. The Morgan fingerprint density at radius 3 is 2.23 bits per heavy atom. The van der Waals surface area contributed by atoms with Gasteiger partial charge in [0, 0.05) is 5.56 Å². The quantitative estimate of drug-likeness (QED) is 0.652. The Labute approximate surface area is 178 Å². The number of anilines is 2. The van der Waals surface area contributed by atoms with Gasteiger partial charge in [-0.2, -0.15) is 0 Å². The summed E-state index contributed by atoms with van der Waals surface area (Å²) in [6, 6.07) is 20.2. The van der Waals surface area contributed by atoms with Crippen molar-refractivity contribution >= 4 is 23.2 Å². The molecular formula is C24H19FN2O4. The standard InChI is InChI=1S/C24H19FN2O4/c1-24-20(18-9-5-6-10-19(18)28)27(17-7-3-2-4-8-17)31-21(24)22(29)26(23(24)30)16-13-11-15(25)12-14-16/h2-14,20-21,28H,1H3. The molecule has 1 N–H and O–H groups in total. The maximum absolute atomic E-state index is 13.7. The molecule has 0 aromatic heterocycles. The molecule has 31 heavy (non-hydrogen) atoms. The van der Waals surface area contributed by atoms with E-state index in [2.05, 4.69) is 0 Å². The monoisotopic (exact) mass is 418 g/mol. The largest absolute Gasteiger partial charge is 0.508 e. The fourth-order valence-corrected chi connectivity index (χ4v) is 4.45. The van der Waals surface area contributed by atoms with Gasteiger partial charge < -0.3 is 5.11 Å². The van der Waals surface area contributed by atoms with Gasteiger partial charge in [-0.1, -0.05) is 36.4 Å². The van der Waals surface area contributed by atoms with E-state index >= 15 is 0 Å². The summed E-state index contributed by atoms with van der Waals surface area (Å²) in [5, 5.41) is 12.1. The molecule has 0 bridgehead atoms. The lowest BCUT2D eigenvalue weighted by Crippen LogP contribution is -2.41. The van der Waals surface area contributed by atoms with Crippen LogP contribution in [0.3, 0.4) is 0 Å². The molecule has 2 aliphatic rings. The number of halogens is 1. The molecule has 2 saturated heterocycles. The first-order chi connectivity index (χ1) is 14.9. The predicted octanol–water partition coefficient (Wildman–Crippen LogP) is 3.97. The van der Waals surface area contributed by atoms with Gasteiger partial charge in [-0.3, -0.25) is 14.4 Å². The molecule has 3 atom stereocenters. The number of hydroxylamine groups is 1. The van der Waals surface area contributed by atoms with Crippen molar-refractivity contribution in [2.75, 3.05) is 9.96 Å². The second kappa shape index (κ2) is 6.92. The van der Waals surface area contributed by atoms with Crippen molar-refractivity contribution < 1.29 is 23.9 Å². The van der Waals surface area contributed by atoms with E-state index in [4.69, 9.17) is 4.84 Å². The molecule has 7 heteroatoms. The molecule has 3 aromatic rings. The van der Waals surface area contributed by atoms with Gasteiger partial charge in [0.25, 0.3) is 5.91 Å². The topological polar surface area (TPSA) is 70.1 Å². The SMILES string of the molecule is CC12C(=O)N(c3ccc(F)cc3)C(=O)C1ON(c1ccccc1)C2c1ccccc1O. The highest BCUT2D eigenvalue weighted by atomic mass is 19.1. The predicted molar refractivity (Wildman–Crippen MR) is 112 cm³/mol. The highest BCUT2D eigenvalue weighted by Gasteiger charge is 2.69. The van der Waals surface area contributed by atoms with Crippen LogP contribution >= 0.6 is 0 Å². The molecule has 2 amide bonds. The van der Waals surface area contributed by atoms with Gasteiger partial charge in [0.15, 0.2) is 6.10 Å². The van der Waals surface area contributed by atoms with Gasteiger partial charge in [-0.05, 0) is 49.4 Å². The van der Waals surface area contributed by atoms with Gasteiger partial charge in [-0.15, -0.1) is 0 Å². The van der Waals surface area contributed by atoms with Crippen LogP contribution in [0.15, 0.2) is 78.9 Å². The summed E-state index contributed by atoms with van der Waals surface area (Å²) in [5.41, 5.74) is 0.0804. The summed E-state index contributed by atoms with van der Waals surface area (Å²) < 4.78 is 13.4. The molecule has 3 aromatic carbocycles. The number of nitrogens with zero attached hydrogens (tertiary/aromatic N) is 2. The third-order valence-electron chi connectivity index (χ3n) is 6.00. The molecule has 156 valence electrons. The van der Waals surface area contributed by atoms with Crippen molar-refractivity contribution in [3.8, 4) is 5.75 Å². The summed E-state index contributed by atoms with van der Waals surface area (Å²) in [4.78, 5) is 34.2. The van der Waals surface area contributed by atoms with E-state index in [-0.39, 0.29) is 11.4 Å². The Morgan fingerprint density at radius 1 is 0.903 bits per heavy atom. The minimum Gasteiger partial charge on any atom is -0.508 e. The second-order valence-electron chi connectivity index (χ2n) is 7.85. The maximum atomic E-state index is 13.7. The Bertz CT molecular complexity index is 1170. The first-order valence-corrected chi connectivity index (χ1v) is 9.86. The van der Waals surface area contributed by atoms with Crippen molar-refractivity contribution in [1.82, 2.24) is 0 Å². The van der Waals surface area contributed by atoms with E-state index in [1.54, 1.807) is 25.1 Å². The number of fused-ring (bicyclic) bond motifs is 1. The number of benzene rings is 3. The summed E-state index contributed by atoms with van der Waals surface area (Å²) in [6.45, 7) is 1.67. The zero-order chi connectivity index (χ0) is 21.8. The molecule has 2 fully saturated rings. The molecule has 6 nitrogen and oxygen atoms in total. The van der Waals surface area contributed by atoms with Crippen molar-refractivity contribution in [2.24, 2.45) is 5.41 Å². The fourth-order valence-electron chi connectivity index (χ4n) is 4.45. The zero-order valence-electron chi connectivity index (χ0n) is 16.6. The number of carbonyl (C=O) groups excluding carboxylic acids is 2. The highest BCUT2D eigenvalue weighted by molar-refractivity contribution is 6.25.